The highest BCUT2D eigenvalue weighted by Gasteiger charge is 2.44. The third-order valence-electron chi connectivity index (χ3n) is 8.51. The lowest BCUT2D eigenvalue weighted by atomic mass is 9.68. The Morgan fingerprint density at radius 2 is 2.11 bits per heavy atom. The molecule has 3 aliphatic rings. The largest absolute Gasteiger partial charge is 0.490 e. The van der Waals surface area contributed by atoms with E-state index in [2.05, 4.69) is 23.6 Å². The normalized spacial score (nSPS) is 25.3. The number of aryl methyl sites for hydroxylation is 1. The average Bonchev–Trinajstić information content (AvgIpc) is 2.98. The minimum absolute atomic E-state index is 0.178. The van der Waals surface area contributed by atoms with Crippen molar-refractivity contribution in [2.24, 2.45) is 11.8 Å². The van der Waals surface area contributed by atoms with Gasteiger partial charge in [-0.1, -0.05) is 23.7 Å². The van der Waals surface area contributed by atoms with E-state index < -0.39 is 5.60 Å². The summed E-state index contributed by atoms with van der Waals surface area (Å²) < 4.78 is 12.2. The Bertz CT molecular complexity index is 1200. The first-order chi connectivity index (χ1) is 18.1. The summed E-state index contributed by atoms with van der Waals surface area (Å²) in [5.74, 6) is 1.08. The van der Waals surface area contributed by atoms with Crippen LogP contribution < -0.4 is 9.64 Å². The maximum atomic E-state index is 13.0. The number of aliphatic hydroxyl groups excluding tert-OH is 1. The Kier molecular flexibility index (Phi) is 7.54. The molecule has 1 spiro atoms. The van der Waals surface area contributed by atoms with Gasteiger partial charge in [0.25, 0.3) is 0 Å². The molecule has 1 aliphatic heterocycles. The molecule has 6 heteroatoms. The lowest BCUT2D eigenvalue weighted by Crippen LogP contribution is -2.49. The number of esters is 1. The Morgan fingerprint density at radius 1 is 1.29 bits per heavy atom. The number of carbonyl (C=O) groups is 1. The van der Waals surface area contributed by atoms with E-state index in [1.165, 1.54) is 11.1 Å². The molecule has 1 N–H and O–H groups in total. The molecule has 0 amide bonds. The highest BCUT2D eigenvalue weighted by molar-refractivity contribution is 6.30. The van der Waals surface area contributed by atoms with E-state index in [9.17, 15) is 9.90 Å². The van der Waals surface area contributed by atoms with Gasteiger partial charge in [-0.2, -0.15) is 0 Å². The molecule has 204 valence electrons. The monoisotopic (exact) mass is 537 g/mol. The summed E-state index contributed by atoms with van der Waals surface area (Å²) in [4.78, 5) is 15.4. The van der Waals surface area contributed by atoms with Crippen LogP contribution in [0.25, 0.3) is 0 Å². The molecule has 38 heavy (non-hydrogen) atoms. The fourth-order valence-corrected chi connectivity index (χ4v) is 6.73. The number of hydrogen-bond acceptors (Lipinski definition) is 5. The van der Waals surface area contributed by atoms with Crippen LogP contribution in [-0.4, -0.2) is 42.5 Å². The summed E-state index contributed by atoms with van der Waals surface area (Å²) in [6, 6.07) is 11.9. The van der Waals surface area contributed by atoms with Gasteiger partial charge in [-0.15, -0.1) is 6.58 Å². The number of fused-ring (bicyclic) bond motifs is 3. The first kappa shape index (κ1) is 27.1. The molecule has 2 aliphatic carbocycles. The number of aliphatic hydroxyl groups is 1. The standard InChI is InChI=1S/C32H40ClNO4/c1-5-7-28(35)25-12-9-23(25)18-34-19-32(15-6-8-21-16-24(33)11-13-26(21)32)20-37-29-14-10-22(17-27(29)34)30(36)38-31(2,3)4/h5,10-11,13-14,16-17,23,25,28,35H,1,6-9,12,15,18-20H2,2-4H3/t23-,25+,28-,32-/m0/s1. The lowest BCUT2D eigenvalue weighted by molar-refractivity contribution is 0.00695. The number of anilines is 1. The van der Waals surface area contributed by atoms with Crippen LogP contribution in [0.3, 0.4) is 0 Å². The summed E-state index contributed by atoms with van der Waals surface area (Å²) in [6.45, 7) is 11.6. The molecule has 2 aromatic carbocycles. The Balaban J connectivity index is 1.52. The second-order valence-corrected chi connectivity index (χ2v) is 12.8. The van der Waals surface area contributed by atoms with Crippen molar-refractivity contribution in [3.8, 4) is 5.75 Å². The van der Waals surface area contributed by atoms with Crippen molar-refractivity contribution in [3.05, 3.63) is 70.8 Å². The molecule has 0 aromatic heterocycles. The number of hydrogen-bond donors (Lipinski definition) is 1. The third-order valence-corrected chi connectivity index (χ3v) is 8.74. The zero-order valence-corrected chi connectivity index (χ0v) is 23.6. The van der Waals surface area contributed by atoms with Crippen molar-refractivity contribution < 1.29 is 19.4 Å². The first-order valence-corrected chi connectivity index (χ1v) is 14.3. The van der Waals surface area contributed by atoms with Gasteiger partial charge >= 0.3 is 5.97 Å². The van der Waals surface area contributed by atoms with Gasteiger partial charge in [0.1, 0.15) is 11.4 Å². The van der Waals surface area contributed by atoms with Crippen LogP contribution in [0.4, 0.5) is 5.69 Å². The van der Waals surface area contributed by atoms with Gasteiger partial charge < -0.3 is 19.5 Å². The third kappa shape index (κ3) is 5.46. The molecule has 0 bridgehead atoms. The van der Waals surface area contributed by atoms with E-state index in [0.717, 1.165) is 61.7 Å². The van der Waals surface area contributed by atoms with Crippen LogP contribution in [0.15, 0.2) is 49.1 Å². The highest BCUT2D eigenvalue weighted by Crippen LogP contribution is 2.46. The second kappa shape index (κ2) is 10.6. The van der Waals surface area contributed by atoms with Crippen molar-refractivity contribution in [2.45, 2.75) is 76.4 Å². The summed E-state index contributed by atoms with van der Waals surface area (Å²) in [5.41, 5.74) is 3.32. The van der Waals surface area contributed by atoms with Crippen LogP contribution in [0.1, 0.15) is 74.4 Å². The van der Waals surface area contributed by atoms with Gasteiger partial charge in [-0.25, -0.2) is 4.79 Å². The average molecular weight is 538 g/mol. The summed E-state index contributed by atoms with van der Waals surface area (Å²) in [7, 11) is 0. The topological polar surface area (TPSA) is 59.0 Å². The number of carbonyl (C=O) groups excluding carboxylic acids is 1. The molecule has 0 radical (unpaired) electrons. The minimum Gasteiger partial charge on any atom is -0.490 e. The smallest absolute Gasteiger partial charge is 0.338 e. The van der Waals surface area contributed by atoms with Gasteiger partial charge in [0.05, 0.1) is 24.0 Å². The number of benzene rings is 2. The Labute approximate surface area is 231 Å². The SMILES string of the molecule is C=CC[C@H](O)[C@@H]1CC[C@H]1CN1C[C@@]2(CCCc3cc(Cl)ccc32)COc2ccc(C(=O)OC(C)(C)C)cc21. The summed E-state index contributed by atoms with van der Waals surface area (Å²) >= 11 is 6.38. The van der Waals surface area contributed by atoms with Crippen molar-refractivity contribution in [1.82, 2.24) is 0 Å². The Morgan fingerprint density at radius 3 is 2.82 bits per heavy atom. The lowest BCUT2D eigenvalue weighted by Gasteiger charge is -2.45. The first-order valence-electron chi connectivity index (χ1n) is 13.9. The number of nitrogens with zero attached hydrogens (tertiary/aromatic N) is 1. The molecule has 0 saturated heterocycles. The summed E-state index contributed by atoms with van der Waals surface area (Å²) in [5, 5.41) is 11.5. The van der Waals surface area contributed by atoms with E-state index >= 15 is 0 Å². The van der Waals surface area contributed by atoms with Gasteiger partial charge in [0.15, 0.2) is 0 Å². The van der Waals surface area contributed by atoms with E-state index in [-0.39, 0.29) is 23.4 Å². The predicted octanol–water partition coefficient (Wildman–Crippen LogP) is 6.73. The van der Waals surface area contributed by atoms with E-state index in [0.29, 0.717) is 24.5 Å². The van der Waals surface area contributed by atoms with Gasteiger partial charge in [0, 0.05) is 23.5 Å². The Hall–Kier alpha value is -2.50. The van der Waals surface area contributed by atoms with Crippen molar-refractivity contribution in [1.29, 1.82) is 0 Å². The van der Waals surface area contributed by atoms with Gasteiger partial charge in [-0.3, -0.25) is 0 Å². The minimum atomic E-state index is -0.572. The molecular weight excluding hydrogens is 498 g/mol. The van der Waals surface area contributed by atoms with Gasteiger partial charge in [-0.05, 0) is 113 Å². The van der Waals surface area contributed by atoms with Crippen LogP contribution in [0.5, 0.6) is 5.75 Å². The van der Waals surface area contributed by atoms with E-state index in [1.807, 2.05) is 39.0 Å². The molecule has 4 atom stereocenters. The van der Waals surface area contributed by atoms with E-state index in [1.54, 1.807) is 12.1 Å². The van der Waals surface area contributed by atoms with Crippen molar-refractivity contribution >= 4 is 23.3 Å². The van der Waals surface area contributed by atoms with Crippen molar-refractivity contribution in [3.63, 3.8) is 0 Å². The summed E-state index contributed by atoms with van der Waals surface area (Å²) in [6.07, 6.45) is 7.28. The van der Waals surface area contributed by atoms with Crippen LogP contribution in [-0.2, 0) is 16.6 Å². The number of rotatable bonds is 6. The van der Waals surface area contributed by atoms with Crippen LogP contribution in [0.2, 0.25) is 5.02 Å². The fourth-order valence-electron chi connectivity index (χ4n) is 6.53. The molecule has 5 nitrogen and oxygen atoms in total. The van der Waals surface area contributed by atoms with Crippen LogP contribution >= 0.6 is 11.6 Å². The quantitative estimate of drug-likeness (QED) is 0.327. The highest BCUT2D eigenvalue weighted by atomic mass is 35.5. The molecule has 2 aromatic rings. The van der Waals surface area contributed by atoms with E-state index in [4.69, 9.17) is 21.1 Å². The zero-order valence-electron chi connectivity index (χ0n) is 22.8. The van der Waals surface area contributed by atoms with Crippen molar-refractivity contribution in [2.75, 3.05) is 24.6 Å². The maximum absolute atomic E-state index is 13.0. The maximum Gasteiger partial charge on any atom is 0.338 e. The number of ether oxygens (including phenoxy) is 2. The molecular formula is C32H40ClNO4. The fraction of sp³-hybridized carbons (Fsp3) is 0.531. The molecule has 0 unspecified atom stereocenters. The molecule has 1 saturated carbocycles. The molecule has 1 fully saturated rings. The van der Waals surface area contributed by atoms with Gasteiger partial charge in [0.2, 0.25) is 0 Å². The van der Waals surface area contributed by atoms with Crippen LogP contribution in [0, 0.1) is 11.8 Å². The second-order valence-electron chi connectivity index (χ2n) is 12.4. The molecule has 5 rings (SSSR count). The predicted molar refractivity (Wildman–Crippen MR) is 152 cm³/mol. The number of halogens is 1. The molecule has 1 heterocycles. The zero-order chi connectivity index (χ0) is 27.1.